The van der Waals surface area contributed by atoms with E-state index in [2.05, 4.69) is 38.4 Å². The van der Waals surface area contributed by atoms with E-state index in [1.54, 1.807) is 6.08 Å². The van der Waals surface area contributed by atoms with E-state index in [1.807, 2.05) is 18.2 Å². The Bertz CT molecular complexity index is 302. The van der Waals surface area contributed by atoms with Crippen molar-refractivity contribution in [3.05, 3.63) is 45.4 Å². The molecule has 0 fully saturated rings. The molecule has 4 heteroatoms. The van der Waals surface area contributed by atoms with Gasteiger partial charge in [0.05, 0.1) is 0 Å². The molecule has 72 valence electrons. The van der Waals surface area contributed by atoms with Crippen LogP contribution in [0.4, 0.5) is 0 Å². The molecule has 1 nitrogen and oxygen atoms in total. The summed E-state index contributed by atoms with van der Waals surface area (Å²) in [5.74, 6) is 0. The molecule has 0 heterocycles. The second kappa shape index (κ2) is 5.81. The van der Waals surface area contributed by atoms with Gasteiger partial charge in [-0.05, 0) is 49.6 Å². The third-order valence-electron chi connectivity index (χ3n) is 1.58. The maximum atomic E-state index is 5.76. The fourth-order valence-corrected chi connectivity index (χ4v) is 1.50. The zero-order valence-corrected chi connectivity index (χ0v) is 10.8. The first-order valence-corrected chi connectivity index (χ1v) is 5.07. The maximum Gasteiger partial charge on any atom is 0.0478 e. The summed E-state index contributed by atoms with van der Waals surface area (Å²) in [7, 11) is 0. The normalized spacial score (nSPS) is 11.6. The standard InChI is InChI=1S/C9H9Br2N.ClH/c1-2-9(12)6-3-4-7(10)8(11)5-6;/h2-5,9H,1,12H2;1H/t9-;/m1./s1. The van der Waals surface area contributed by atoms with Gasteiger partial charge in [-0.2, -0.15) is 0 Å². The molecule has 0 aliphatic rings. The summed E-state index contributed by atoms with van der Waals surface area (Å²) >= 11 is 6.79. The Labute approximate surface area is 101 Å². The van der Waals surface area contributed by atoms with Crippen molar-refractivity contribution in [1.29, 1.82) is 0 Å². The highest BCUT2D eigenvalue weighted by Gasteiger charge is 2.02. The summed E-state index contributed by atoms with van der Waals surface area (Å²) in [5.41, 5.74) is 6.81. The van der Waals surface area contributed by atoms with Crippen LogP contribution in [-0.2, 0) is 0 Å². The molecule has 1 rings (SSSR count). The van der Waals surface area contributed by atoms with E-state index in [9.17, 15) is 0 Å². The molecule has 0 aromatic heterocycles. The van der Waals surface area contributed by atoms with Crippen molar-refractivity contribution in [2.75, 3.05) is 0 Å². The van der Waals surface area contributed by atoms with Gasteiger partial charge < -0.3 is 5.73 Å². The summed E-state index contributed by atoms with van der Waals surface area (Å²) < 4.78 is 2.04. The van der Waals surface area contributed by atoms with Gasteiger partial charge in [0.1, 0.15) is 0 Å². The Hall–Kier alpha value is 0.170. The number of rotatable bonds is 2. The Balaban J connectivity index is 0.00000144. The van der Waals surface area contributed by atoms with E-state index in [4.69, 9.17) is 5.73 Å². The predicted molar refractivity (Wildman–Crippen MR) is 66.2 cm³/mol. The third kappa shape index (κ3) is 3.43. The van der Waals surface area contributed by atoms with Crippen LogP contribution in [0.2, 0.25) is 0 Å². The number of benzene rings is 1. The zero-order valence-electron chi connectivity index (χ0n) is 6.84. The SMILES string of the molecule is C=C[C@@H](N)c1ccc(Br)c(Br)c1.Cl. The second-order valence-electron chi connectivity index (χ2n) is 2.44. The van der Waals surface area contributed by atoms with Crippen LogP contribution in [0.15, 0.2) is 39.8 Å². The van der Waals surface area contributed by atoms with Gasteiger partial charge in [0.15, 0.2) is 0 Å². The number of hydrogen-bond acceptors (Lipinski definition) is 1. The Kier molecular flexibility index (Phi) is 5.88. The minimum atomic E-state index is -0.0885. The fraction of sp³-hybridized carbons (Fsp3) is 0.111. The van der Waals surface area contributed by atoms with Gasteiger partial charge in [-0.25, -0.2) is 0 Å². The molecule has 0 unspecified atom stereocenters. The first kappa shape index (κ1) is 13.2. The lowest BCUT2D eigenvalue weighted by Gasteiger charge is -2.07. The molecule has 0 saturated heterocycles. The van der Waals surface area contributed by atoms with E-state index >= 15 is 0 Å². The second-order valence-corrected chi connectivity index (χ2v) is 4.14. The summed E-state index contributed by atoms with van der Waals surface area (Å²) in [6.45, 7) is 3.64. The minimum Gasteiger partial charge on any atom is -0.321 e. The Morgan fingerprint density at radius 3 is 2.38 bits per heavy atom. The van der Waals surface area contributed by atoms with E-state index in [-0.39, 0.29) is 18.4 Å². The van der Waals surface area contributed by atoms with Crippen LogP contribution in [0, 0.1) is 0 Å². The first-order chi connectivity index (χ1) is 5.65. The predicted octanol–water partition coefficient (Wildman–Crippen LogP) is 3.82. The molecule has 0 aliphatic heterocycles. The van der Waals surface area contributed by atoms with Crippen molar-refractivity contribution >= 4 is 44.3 Å². The van der Waals surface area contributed by atoms with Crippen LogP contribution in [0.3, 0.4) is 0 Å². The summed E-state index contributed by atoms with van der Waals surface area (Å²) in [6, 6.07) is 5.83. The van der Waals surface area contributed by atoms with Crippen molar-refractivity contribution in [3.63, 3.8) is 0 Å². The highest BCUT2D eigenvalue weighted by molar-refractivity contribution is 9.13. The monoisotopic (exact) mass is 325 g/mol. The number of hydrogen-bond donors (Lipinski definition) is 1. The largest absolute Gasteiger partial charge is 0.321 e. The molecule has 0 saturated carbocycles. The maximum absolute atomic E-state index is 5.76. The van der Waals surface area contributed by atoms with Crippen molar-refractivity contribution in [3.8, 4) is 0 Å². The average Bonchev–Trinajstić information content (AvgIpc) is 2.08. The molecule has 0 aliphatic carbocycles. The molecule has 1 aromatic carbocycles. The molecule has 1 atom stereocenters. The number of halogens is 3. The molecular formula is C9H10Br2ClN. The quantitative estimate of drug-likeness (QED) is 0.821. The third-order valence-corrected chi connectivity index (χ3v) is 3.46. The van der Waals surface area contributed by atoms with Crippen LogP contribution >= 0.6 is 44.3 Å². The van der Waals surface area contributed by atoms with Crippen LogP contribution in [-0.4, -0.2) is 0 Å². The van der Waals surface area contributed by atoms with Crippen molar-refractivity contribution < 1.29 is 0 Å². The fourth-order valence-electron chi connectivity index (χ4n) is 0.856. The van der Waals surface area contributed by atoms with E-state index in [0.29, 0.717) is 0 Å². The van der Waals surface area contributed by atoms with E-state index in [1.165, 1.54) is 0 Å². The van der Waals surface area contributed by atoms with Crippen LogP contribution < -0.4 is 5.73 Å². The average molecular weight is 327 g/mol. The smallest absolute Gasteiger partial charge is 0.0478 e. The lowest BCUT2D eigenvalue weighted by molar-refractivity contribution is 0.913. The van der Waals surface area contributed by atoms with Crippen LogP contribution in [0.5, 0.6) is 0 Å². The highest BCUT2D eigenvalue weighted by Crippen LogP contribution is 2.25. The Morgan fingerprint density at radius 2 is 1.92 bits per heavy atom. The van der Waals surface area contributed by atoms with Gasteiger partial charge in [0.2, 0.25) is 0 Å². The summed E-state index contributed by atoms with van der Waals surface area (Å²) in [4.78, 5) is 0. The molecule has 1 aromatic rings. The van der Waals surface area contributed by atoms with Gasteiger partial charge in [-0.3, -0.25) is 0 Å². The van der Waals surface area contributed by atoms with Gasteiger partial charge in [0, 0.05) is 15.0 Å². The van der Waals surface area contributed by atoms with Gasteiger partial charge >= 0.3 is 0 Å². The van der Waals surface area contributed by atoms with Gasteiger partial charge in [0.25, 0.3) is 0 Å². The van der Waals surface area contributed by atoms with Gasteiger partial charge in [-0.1, -0.05) is 12.1 Å². The zero-order chi connectivity index (χ0) is 9.14. The first-order valence-electron chi connectivity index (χ1n) is 3.48. The molecule has 0 radical (unpaired) electrons. The lowest BCUT2D eigenvalue weighted by Crippen LogP contribution is -2.05. The van der Waals surface area contributed by atoms with E-state index < -0.39 is 0 Å². The molecule has 0 amide bonds. The molecular weight excluding hydrogens is 317 g/mol. The molecule has 13 heavy (non-hydrogen) atoms. The number of nitrogens with two attached hydrogens (primary N) is 1. The van der Waals surface area contributed by atoms with Crippen molar-refractivity contribution in [1.82, 2.24) is 0 Å². The summed E-state index contributed by atoms with van der Waals surface area (Å²) in [5, 5.41) is 0. The summed E-state index contributed by atoms with van der Waals surface area (Å²) in [6.07, 6.45) is 1.72. The van der Waals surface area contributed by atoms with Crippen molar-refractivity contribution in [2.24, 2.45) is 5.73 Å². The van der Waals surface area contributed by atoms with E-state index in [0.717, 1.165) is 14.5 Å². The van der Waals surface area contributed by atoms with Crippen LogP contribution in [0.1, 0.15) is 11.6 Å². The topological polar surface area (TPSA) is 26.0 Å². The minimum absolute atomic E-state index is 0. The molecule has 2 N–H and O–H groups in total. The van der Waals surface area contributed by atoms with Crippen molar-refractivity contribution in [2.45, 2.75) is 6.04 Å². The molecule has 0 bridgehead atoms. The lowest BCUT2D eigenvalue weighted by atomic mass is 10.1. The van der Waals surface area contributed by atoms with Gasteiger partial charge in [-0.15, -0.1) is 19.0 Å². The highest BCUT2D eigenvalue weighted by atomic mass is 79.9. The Morgan fingerprint density at radius 1 is 1.31 bits per heavy atom. The van der Waals surface area contributed by atoms with Crippen LogP contribution in [0.25, 0.3) is 0 Å². The molecule has 0 spiro atoms.